The number of rotatable bonds is 4. The Hall–Kier alpha value is -0.380. The van der Waals surface area contributed by atoms with Crippen LogP contribution < -0.4 is 0 Å². The van der Waals surface area contributed by atoms with Crippen molar-refractivity contribution >= 4 is 0 Å². The highest BCUT2D eigenvalue weighted by Gasteiger charge is 2.37. The van der Waals surface area contributed by atoms with Crippen LogP contribution in [0.15, 0.2) is 11.6 Å². The summed E-state index contributed by atoms with van der Waals surface area (Å²) in [6.45, 7) is 10.2. The molecule has 1 heterocycles. The molecule has 0 amide bonds. The topological polar surface area (TPSA) is 38.7 Å². The Labute approximate surface area is 129 Å². The van der Waals surface area contributed by atoms with Gasteiger partial charge in [0.15, 0.2) is 6.29 Å². The molecule has 122 valence electrons. The number of hydrogen-bond acceptors (Lipinski definition) is 3. The maximum absolute atomic E-state index is 10.6. The Kier molecular flexibility index (Phi) is 5.50. The summed E-state index contributed by atoms with van der Waals surface area (Å²) in [6.07, 6.45) is 8.20. The molecule has 2 aliphatic rings. The summed E-state index contributed by atoms with van der Waals surface area (Å²) >= 11 is 0. The van der Waals surface area contributed by atoms with Crippen LogP contribution in [0.5, 0.6) is 0 Å². The summed E-state index contributed by atoms with van der Waals surface area (Å²) in [6, 6.07) is 0. The van der Waals surface area contributed by atoms with E-state index in [0.717, 1.165) is 38.7 Å². The Morgan fingerprint density at radius 1 is 1.38 bits per heavy atom. The lowest BCUT2D eigenvalue weighted by Gasteiger charge is -2.40. The van der Waals surface area contributed by atoms with Crippen LogP contribution in [-0.4, -0.2) is 30.2 Å². The van der Waals surface area contributed by atoms with E-state index in [2.05, 4.69) is 26.8 Å². The van der Waals surface area contributed by atoms with E-state index in [0.29, 0.717) is 6.61 Å². The second kappa shape index (κ2) is 6.80. The molecule has 3 nitrogen and oxygen atoms in total. The van der Waals surface area contributed by atoms with Gasteiger partial charge >= 0.3 is 0 Å². The van der Waals surface area contributed by atoms with Crippen LogP contribution in [0.4, 0.5) is 0 Å². The highest BCUT2D eigenvalue weighted by atomic mass is 16.7. The van der Waals surface area contributed by atoms with Crippen LogP contribution in [0.3, 0.4) is 0 Å². The normalized spacial score (nSPS) is 34.6. The van der Waals surface area contributed by atoms with Gasteiger partial charge in [0.1, 0.15) is 0 Å². The van der Waals surface area contributed by atoms with Gasteiger partial charge in [0.2, 0.25) is 0 Å². The third-order valence-electron chi connectivity index (χ3n) is 4.98. The summed E-state index contributed by atoms with van der Waals surface area (Å²) in [5.41, 5.74) is 1.06. The molecule has 3 heteroatoms. The van der Waals surface area contributed by atoms with Crippen LogP contribution in [0.2, 0.25) is 0 Å². The predicted octanol–water partition coefficient (Wildman–Crippen LogP) is 4.05. The molecule has 1 fully saturated rings. The first-order valence-electron chi connectivity index (χ1n) is 8.44. The van der Waals surface area contributed by atoms with Crippen molar-refractivity contribution in [3.05, 3.63) is 11.6 Å². The van der Waals surface area contributed by atoms with Crippen molar-refractivity contribution < 1.29 is 14.6 Å². The average Bonchev–Trinajstić information content (AvgIpc) is 2.40. The molecule has 2 rings (SSSR count). The summed E-state index contributed by atoms with van der Waals surface area (Å²) in [5.74, 6) is 0.278. The highest BCUT2D eigenvalue weighted by molar-refractivity contribution is 5.18. The maximum Gasteiger partial charge on any atom is 0.157 e. The Morgan fingerprint density at radius 2 is 2.14 bits per heavy atom. The van der Waals surface area contributed by atoms with Gasteiger partial charge in [0.05, 0.1) is 12.2 Å². The fourth-order valence-corrected chi connectivity index (χ4v) is 3.27. The zero-order valence-electron chi connectivity index (χ0n) is 14.2. The van der Waals surface area contributed by atoms with E-state index >= 15 is 0 Å². The summed E-state index contributed by atoms with van der Waals surface area (Å²) in [5, 5.41) is 10.6. The minimum Gasteiger partial charge on any atom is -0.390 e. The third-order valence-corrected chi connectivity index (χ3v) is 4.98. The third kappa shape index (κ3) is 4.80. The second-order valence-corrected chi connectivity index (χ2v) is 7.90. The zero-order chi connectivity index (χ0) is 15.5. The lowest BCUT2D eigenvalue weighted by Crippen LogP contribution is -2.39. The number of aliphatic hydroxyl groups is 1. The lowest BCUT2D eigenvalue weighted by molar-refractivity contribution is -0.167. The van der Waals surface area contributed by atoms with Gasteiger partial charge in [0.25, 0.3) is 0 Å². The molecule has 1 saturated heterocycles. The molecule has 21 heavy (non-hydrogen) atoms. The van der Waals surface area contributed by atoms with Crippen molar-refractivity contribution in [2.24, 2.45) is 11.3 Å². The van der Waals surface area contributed by atoms with Crippen molar-refractivity contribution in [3.8, 4) is 0 Å². The SMILES string of the molecule is CC(C)(C)C1=CCC(C)(O)C(CCOC2CCCCO2)C1. The monoisotopic (exact) mass is 296 g/mol. The molecule has 0 bridgehead atoms. The highest BCUT2D eigenvalue weighted by Crippen LogP contribution is 2.41. The van der Waals surface area contributed by atoms with Gasteiger partial charge in [-0.15, -0.1) is 0 Å². The molecule has 0 aromatic rings. The molecule has 0 saturated carbocycles. The van der Waals surface area contributed by atoms with Gasteiger partial charge < -0.3 is 14.6 Å². The first-order valence-corrected chi connectivity index (χ1v) is 8.44. The average molecular weight is 296 g/mol. The largest absolute Gasteiger partial charge is 0.390 e. The summed E-state index contributed by atoms with van der Waals surface area (Å²) in [4.78, 5) is 0. The molecular weight excluding hydrogens is 264 g/mol. The van der Waals surface area contributed by atoms with Crippen LogP contribution >= 0.6 is 0 Å². The van der Waals surface area contributed by atoms with Crippen molar-refractivity contribution in [2.75, 3.05) is 13.2 Å². The fraction of sp³-hybridized carbons (Fsp3) is 0.889. The van der Waals surface area contributed by atoms with Crippen molar-refractivity contribution in [2.45, 2.75) is 78.1 Å². The lowest BCUT2D eigenvalue weighted by atomic mass is 9.69. The number of allylic oxidation sites excluding steroid dienone is 1. The maximum atomic E-state index is 10.6. The van der Waals surface area contributed by atoms with Gasteiger partial charge in [-0.3, -0.25) is 0 Å². The Bertz CT molecular complexity index is 359. The first-order chi connectivity index (χ1) is 9.79. The molecular formula is C18H32O3. The van der Waals surface area contributed by atoms with Crippen LogP contribution in [0.25, 0.3) is 0 Å². The van der Waals surface area contributed by atoms with Crippen LogP contribution in [-0.2, 0) is 9.47 Å². The van der Waals surface area contributed by atoms with Gasteiger partial charge in [-0.25, -0.2) is 0 Å². The minimum atomic E-state index is -0.606. The van der Waals surface area contributed by atoms with Crippen LogP contribution in [0, 0.1) is 11.3 Å². The minimum absolute atomic E-state index is 0.0232. The van der Waals surface area contributed by atoms with E-state index in [1.807, 2.05) is 6.92 Å². The van der Waals surface area contributed by atoms with Crippen molar-refractivity contribution in [1.29, 1.82) is 0 Å². The van der Waals surface area contributed by atoms with Crippen molar-refractivity contribution in [1.82, 2.24) is 0 Å². The quantitative estimate of drug-likeness (QED) is 0.795. The summed E-state index contributed by atoms with van der Waals surface area (Å²) in [7, 11) is 0. The Morgan fingerprint density at radius 3 is 2.76 bits per heavy atom. The van der Waals surface area contributed by atoms with E-state index in [1.165, 1.54) is 12.0 Å². The first kappa shape index (κ1) is 17.0. The van der Waals surface area contributed by atoms with Crippen LogP contribution in [0.1, 0.15) is 66.2 Å². The molecule has 0 spiro atoms. The molecule has 1 N–H and O–H groups in total. The van der Waals surface area contributed by atoms with Gasteiger partial charge in [-0.2, -0.15) is 0 Å². The van der Waals surface area contributed by atoms with E-state index in [9.17, 15) is 5.11 Å². The smallest absolute Gasteiger partial charge is 0.157 e. The van der Waals surface area contributed by atoms with E-state index in [1.54, 1.807) is 0 Å². The fourth-order valence-electron chi connectivity index (χ4n) is 3.27. The van der Waals surface area contributed by atoms with Gasteiger partial charge in [0, 0.05) is 6.61 Å². The van der Waals surface area contributed by atoms with E-state index in [4.69, 9.17) is 9.47 Å². The number of hydrogen-bond donors (Lipinski definition) is 1. The van der Waals surface area contributed by atoms with Gasteiger partial charge in [-0.1, -0.05) is 32.4 Å². The summed E-state index contributed by atoms with van der Waals surface area (Å²) < 4.78 is 11.4. The van der Waals surface area contributed by atoms with E-state index < -0.39 is 5.60 Å². The van der Waals surface area contributed by atoms with E-state index in [-0.39, 0.29) is 17.6 Å². The second-order valence-electron chi connectivity index (χ2n) is 7.90. The molecule has 0 aromatic heterocycles. The molecule has 3 unspecified atom stereocenters. The molecule has 1 aliphatic carbocycles. The molecule has 3 atom stereocenters. The molecule has 1 aliphatic heterocycles. The van der Waals surface area contributed by atoms with Gasteiger partial charge in [-0.05, 0) is 56.8 Å². The Balaban J connectivity index is 1.84. The standard InChI is InChI=1S/C18H32O3/c1-17(2,3)14-8-10-18(4,19)15(13-14)9-12-21-16-7-5-6-11-20-16/h8,15-16,19H,5-7,9-13H2,1-4H3. The predicted molar refractivity (Wildman–Crippen MR) is 85.0 cm³/mol. The zero-order valence-corrected chi connectivity index (χ0v) is 14.2. The molecule has 0 radical (unpaired) electrons. The number of ether oxygens (including phenoxy) is 2. The van der Waals surface area contributed by atoms with Crippen molar-refractivity contribution in [3.63, 3.8) is 0 Å². The molecule has 0 aromatic carbocycles.